The molecular weight excluding hydrogens is 190 g/mol. The van der Waals surface area contributed by atoms with Gasteiger partial charge in [-0.25, -0.2) is 0 Å². The molecule has 82 valence electrons. The Kier molecular flexibility index (Phi) is 2.59. The van der Waals surface area contributed by atoms with Gasteiger partial charge in [0.15, 0.2) is 0 Å². The van der Waals surface area contributed by atoms with Gasteiger partial charge in [0.1, 0.15) is 17.4 Å². The van der Waals surface area contributed by atoms with E-state index in [-0.39, 0.29) is 11.7 Å². The molecule has 0 saturated carbocycles. The van der Waals surface area contributed by atoms with Crippen LogP contribution in [0.2, 0.25) is 0 Å². The van der Waals surface area contributed by atoms with Crippen LogP contribution in [0, 0.1) is 0 Å². The Balaban J connectivity index is 2.42. The number of Topliss-reactive ketones (excluding diaryl/α,β-unsaturated/α-hetero) is 1. The van der Waals surface area contributed by atoms with Crippen LogP contribution >= 0.6 is 0 Å². The Hall–Kier alpha value is -1.19. The van der Waals surface area contributed by atoms with Gasteiger partial charge in [0.2, 0.25) is 0 Å². The van der Waals surface area contributed by atoms with Crippen LogP contribution in [0.5, 0.6) is 0 Å². The van der Waals surface area contributed by atoms with Crippen LogP contribution in [0.1, 0.15) is 57.1 Å². The van der Waals surface area contributed by atoms with Gasteiger partial charge >= 0.3 is 0 Å². The van der Waals surface area contributed by atoms with Crippen LogP contribution < -0.4 is 0 Å². The average Bonchev–Trinajstić information content (AvgIpc) is 2.59. The van der Waals surface area contributed by atoms with E-state index in [4.69, 9.17) is 0 Å². The minimum Gasteiger partial charge on any atom is -0.314 e. The van der Waals surface area contributed by atoms with Crippen molar-refractivity contribution in [2.75, 3.05) is 0 Å². The predicted octanol–water partition coefficient (Wildman–Crippen LogP) is 1.87. The summed E-state index contributed by atoms with van der Waals surface area (Å²) in [6.45, 7) is 6.81. The average molecular weight is 207 g/mol. The van der Waals surface area contributed by atoms with Gasteiger partial charge < -0.3 is 4.57 Å². The maximum atomic E-state index is 11.5. The molecule has 4 nitrogen and oxygen atoms in total. The lowest BCUT2D eigenvalue weighted by molar-refractivity contribution is -0.119. The zero-order valence-electron chi connectivity index (χ0n) is 9.53. The molecular formula is C11H17N3O. The fourth-order valence-electron chi connectivity index (χ4n) is 2.21. The lowest BCUT2D eigenvalue weighted by atomic mass is 9.95. The minimum atomic E-state index is -0.0289. The van der Waals surface area contributed by atoms with Gasteiger partial charge in [0.05, 0.1) is 5.92 Å². The number of carbonyl (C=O) groups excluding carboxylic acids is 1. The van der Waals surface area contributed by atoms with Gasteiger partial charge in [-0.05, 0) is 19.8 Å². The molecule has 0 amide bonds. The number of rotatable bonds is 2. The maximum Gasteiger partial charge on any atom is 0.143 e. The zero-order valence-corrected chi connectivity index (χ0v) is 9.53. The quantitative estimate of drug-likeness (QED) is 0.743. The van der Waals surface area contributed by atoms with Crippen molar-refractivity contribution < 1.29 is 4.79 Å². The first-order valence-corrected chi connectivity index (χ1v) is 5.54. The van der Waals surface area contributed by atoms with Crippen LogP contribution in [-0.2, 0) is 11.3 Å². The van der Waals surface area contributed by atoms with Gasteiger partial charge in [-0.15, -0.1) is 10.2 Å². The first kappa shape index (κ1) is 10.3. The summed E-state index contributed by atoms with van der Waals surface area (Å²) in [5.41, 5.74) is 0. The van der Waals surface area contributed by atoms with Crippen LogP contribution in [-0.4, -0.2) is 20.5 Å². The molecule has 0 N–H and O–H groups in total. The first-order chi connectivity index (χ1) is 7.11. The Morgan fingerprint density at radius 3 is 2.80 bits per heavy atom. The number of carbonyl (C=O) groups is 1. The van der Waals surface area contributed by atoms with E-state index in [1.165, 1.54) is 0 Å². The molecule has 2 heterocycles. The number of hydrogen-bond acceptors (Lipinski definition) is 3. The highest BCUT2D eigenvalue weighted by molar-refractivity contribution is 5.82. The van der Waals surface area contributed by atoms with Gasteiger partial charge in [-0.1, -0.05) is 13.8 Å². The number of fused-ring (bicyclic) bond motifs is 1. The number of ketones is 1. The predicted molar refractivity (Wildman–Crippen MR) is 56.8 cm³/mol. The second-order valence-electron chi connectivity index (χ2n) is 4.53. The van der Waals surface area contributed by atoms with Crippen LogP contribution in [0.25, 0.3) is 0 Å². The second kappa shape index (κ2) is 3.76. The molecule has 1 aromatic rings. The molecule has 0 bridgehead atoms. The maximum absolute atomic E-state index is 11.5. The van der Waals surface area contributed by atoms with E-state index in [1.807, 2.05) is 0 Å². The standard InChI is InChI=1S/C11H17N3O/c1-7(2)10-12-13-11-9(8(3)15)5-4-6-14(10)11/h7,9H,4-6H2,1-3H3. The largest absolute Gasteiger partial charge is 0.314 e. The minimum absolute atomic E-state index is 0.0289. The van der Waals surface area contributed by atoms with Crippen molar-refractivity contribution in [1.29, 1.82) is 0 Å². The third-order valence-electron chi connectivity index (χ3n) is 3.00. The van der Waals surface area contributed by atoms with E-state index in [9.17, 15) is 4.79 Å². The smallest absolute Gasteiger partial charge is 0.143 e. The molecule has 1 atom stereocenters. The van der Waals surface area contributed by atoms with E-state index in [0.29, 0.717) is 5.92 Å². The van der Waals surface area contributed by atoms with Crippen molar-refractivity contribution in [3.8, 4) is 0 Å². The highest BCUT2D eigenvalue weighted by Crippen LogP contribution is 2.28. The lowest BCUT2D eigenvalue weighted by Gasteiger charge is -2.22. The molecule has 0 saturated heterocycles. The summed E-state index contributed by atoms with van der Waals surface area (Å²) in [6.07, 6.45) is 1.97. The Bertz CT molecular complexity index is 381. The topological polar surface area (TPSA) is 47.8 Å². The molecule has 15 heavy (non-hydrogen) atoms. The van der Waals surface area contributed by atoms with Crippen LogP contribution in [0.4, 0.5) is 0 Å². The third kappa shape index (κ3) is 1.68. The number of aromatic nitrogens is 3. The molecule has 1 aliphatic rings. The Morgan fingerprint density at radius 2 is 2.20 bits per heavy atom. The van der Waals surface area contributed by atoms with Gasteiger partial charge in [0, 0.05) is 12.5 Å². The molecule has 0 aliphatic carbocycles. The first-order valence-electron chi connectivity index (χ1n) is 5.54. The monoisotopic (exact) mass is 207 g/mol. The van der Waals surface area contributed by atoms with Crippen LogP contribution in [0.3, 0.4) is 0 Å². The molecule has 1 aliphatic heterocycles. The van der Waals surface area contributed by atoms with E-state index in [0.717, 1.165) is 31.0 Å². The van der Waals surface area contributed by atoms with E-state index in [1.54, 1.807) is 6.92 Å². The SMILES string of the molecule is CC(=O)C1CCCn2c(C(C)C)nnc21. The molecule has 2 rings (SSSR count). The molecule has 0 aromatic carbocycles. The Morgan fingerprint density at radius 1 is 1.47 bits per heavy atom. The van der Waals surface area contributed by atoms with E-state index in [2.05, 4.69) is 28.6 Å². The van der Waals surface area contributed by atoms with Crippen molar-refractivity contribution in [2.45, 2.75) is 52.0 Å². The van der Waals surface area contributed by atoms with E-state index < -0.39 is 0 Å². The molecule has 0 fully saturated rings. The number of hydrogen-bond donors (Lipinski definition) is 0. The molecule has 1 aromatic heterocycles. The van der Waals surface area contributed by atoms with Gasteiger partial charge in [-0.2, -0.15) is 0 Å². The zero-order chi connectivity index (χ0) is 11.0. The summed E-state index contributed by atoms with van der Waals surface area (Å²) >= 11 is 0. The van der Waals surface area contributed by atoms with Gasteiger partial charge in [0.25, 0.3) is 0 Å². The summed E-state index contributed by atoms with van der Waals surface area (Å²) in [6, 6.07) is 0. The van der Waals surface area contributed by atoms with Crippen molar-refractivity contribution >= 4 is 5.78 Å². The van der Waals surface area contributed by atoms with Crippen molar-refractivity contribution in [1.82, 2.24) is 14.8 Å². The van der Waals surface area contributed by atoms with Gasteiger partial charge in [-0.3, -0.25) is 4.79 Å². The summed E-state index contributed by atoms with van der Waals surface area (Å²) in [5, 5.41) is 8.36. The fourth-order valence-corrected chi connectivity index (χ4v) is 2.21. The molecule has 4 heteroatoms. The summed E-state index contributed by atoms with van der Waals surface area (Å²) < 4.78 is 2.13. The second-order valence-corrected chi connectivity index (χ2v) is 4.53. The summed E-state index contributed by atoms with van der Waals surface area (Å²) in [4.78, 5) is 11.5. The number of nitrogens with zero attached hydrogens (tertiary/aromatic N) is 3. The molecule has 0 radical (unpaired) electrons. The third-order valence-corrected chi connectivity index (χ3v) is 3.00. The lowest BCUT2D eigenvalue weighted by Crippen LogP contribution is -2.22. The summed E-state index contributed by atoms with van der Waals surface area (Å²) in [5.74, 6) is 2.43. The highest BCUT2D eigenvalue weighted by atomic mass is 16.1. The normalized spacial score (nSPS) is 20.4. The van der Waals surface area contributed by atoms with Crippen molar-refractivity contribution in [2.24, 2.45) is 0 Å². The molecule has 0 spiro atoms. The van der Waals surface area contributed by atoms with Crippen molar-refractivity contribution in [3.63, 3.8) is 0 Å². The van der Waals surface area contributed by atoms with Crippen molar-refractivity contribution in [3.05, 3.63) is 11.6 Å². The highest BCUT2D eigenvalue weighted by Gasteiger charge is 2.28. The van der Waals surface area contributed by atoms with Crippen LogP contribution in [0.15, 0.2) is 0 Å². The van der Waals surface area contributed by atoms with E-state index >= 15 is 0 Å². The summed E-state index contributed by atoms with van der Waals surface area (Å²) in [7, 11) is 0. The Labute approximate surface area is 89.7 Å². The fraction of sp³-hybridized carbons (Fsp3) is 0.727. The molecule has 1 unspecified atom stereocenters.